The lowest BCUT2D eigenvalue weighted by Crippen LogP contribution is -2.24. The Hall–Kier alpha value is -2.04. The lowest BCUT2D eigenvalue weighted by Gasteiger charge is -2.18. The molecule has 94 valence electrons. The van der Waals surface area contributed by atoms with E-state index < -0.39 is 5.41 Å². The van der Waals surface area contributed by atoms with Gasteiger partial charge in [0.1, 0.15) is 11.4 Å². The number of carbonyl (C=O) groups is 1. The van der Waals surface area contributed by atoms with Crippen LogP contribution in [0.3, 0.4) is 0 Å². The monoisotopic (exact) mass is 244 g/mol. The van der Waals surface area contributed by atoms with E-state index in [0.717, 1.165) is 5.69 Å². The molecule has 0 aliphatic heterocycles. The molecular weight excluding hydrogens is 228 g/mol. The predicted molar refractivity (Wildman–Crippen MR) is 67.7 cm³/mol. The van der Waals surface area contributed by atoms with Crippen molar-refractivity contribution in [3.63, 3.8) is 0 Å². The summed E-state index contributed by atoms with van der Waals surface area (Å²) in [6, 6.07) is 3.67. The van der Waals surface area contributed by atoms with Gasteiger partial charge in [-0.3, -0.25) is 4.79 Å². The van der Waals surface area contributed by atoms with Crippen molar-refractivity contribution in [3.8, 4) is 5.69 Å². The van der Waals surface area contributed by atoms with Crippen LogP contribution in [0.4, 0.5) is 0 Å². The van der Waals surface area contributed by atoms with Gasteiger partial charge in [0.05, 0.1) is 12.4 Å². The zero-order valence-electron chi connectivity index (χ0n) is 11.0. The van der Waals surface area contributed by atoms with E-state index in [0.29, 0.717) is 11.4 Å². The van der Waals surface area contributed by atoms with Crippen LogP contribution in [0.25, 0.3) is 5.69 Å². The van der Waals surface area contributed by atoms with Crippen LogP contribution in [0.5, 0.6) is 0 Å². The highest BCUT2D eigenvalue weighted by atomic mass is 16.1. The molecule has 2 aromatic heterocycles. The van der Waals surface area contributed by atoms with Crippen molar-refractivity contribution in [2.75, 3.05) is 0 Å². The van der Waals surface area contributed by atoms with Gasteiger partial charge in [-0.2, -0.15) is 10.2 Å². The highest BCUT2D eigenvalue weighted by Crippen LogP contribution is 2.23. The Balaban J connectivity index is 2.59. The summed E-state index contributed by atoms with van der Waals surface area (Å²) in [6.45, 7) is 7.48. The van der Waals surface area contributed by atoms with Crippen LogP contribution in [-0.2, 0) is 0 Å². The Labute approximate surface area is 106 Å². The molecule has 0 fully saturated rings. The maximum absolute atomic E-state index is 12.4. The van der Waals surface area contributed by atoms with Crippen LogP contribution in [0.1, 0.15) is 37.0 Å². The van der Waals surface area contributed by atoms with Crippen molar-refractivity contribution in [2.45, 2.75) is 27.7 Å². The van der Waals surface area contributed by atoms with Crippen LogP contribution >= 0.6 is 0 Å². The lowest BCUT2D eigenvalue weighted by molar-refractivity contribution is 0.0852. The molecule has 0 amide bonds. The normalized spacial score (nSPS) is 11.6. The van der Waals surface area contributed by atoms with Gasteiger partial charge in [-0.25, -0.2) is 4.98 Å². The molecule has 0 aromatic carbocycles. The number of nitrogens with zero attached hydrogens (tertiary/aromatic N) is 4. The standard InChI is InChI=1S/C13H16N4O/c1-9-5-6-10(17-14-7-8-15-17)11(16-9)12(18)13(2,3)4/h5-8H,1-4H3. The third-order valence-corrected chi connectivity index (χ3v) is 2.54. The maximum Gasteiger partial charge on any atom is 0.188 e. The number of aryl methyl sites for hydroxylation is 1. The topological polar surface area (TPSA) is 60.7 Å². The molecule has 0 aliphatic carbocycles. The van der Waals surface area contributed by atoms with E-state index in [4.69, 9.17) is 0 Å². The maximum atomic E-state index is 12.4. The minimum atomic E-state index is -0.483. The van der Waals surface area contributed by atoms with Gasteiger partial charge in [0, 0.05) is 11.1 Å². The molecule has 0 unspecified atom stereocenters. The van der Waals surface area contributed by atoms with Gasteiger partial charge < -0.3 is 0 Å². The number of hydrogen-bond donors (Lipinski definition) is 0. The SMILES string of the molecule is Cc1ccc(-n2nccn2)c(C(=O)C(C)(C)C)n1. The molecule has 5 nitrogen and oxygen atoms in total. The molecule has 2 heterocycles. The van der Waals surface area contributed by atoms with Crippen LogP contribution in [0.2, 0.25) is 0 Å². The second-order valence-electron chi connectivity index (χ2n) is 5.22. The van der Waals surface area contributed by atoms with Gasteiger partial charge >= 0.3 is 0 Å². The first kappa shape index (κ1) is 12.4. The molecular formula is C13H16N4O. The van der Waals surface area contributed by atoms with Gasteiger partial charge in [-0.1, -0.05) is 20.8 Å². The molecule has 18 heavy (non-hydrogen) atoms. The summed E-state index contributed by atoms with van der Waals surface area (Å²) in [7, 11) is 0. The van der Waals surface area contributed by atoms with E-state index in [1.807, 2.05) is 39.8 Å². The second-order valence-corrected chi connectivity index (χ2v) is 5.22. The van der Waals surface area contributed by atoms with Crippen LogP contribution in [-0.4, -0.2) is 25.8 Å². The van der Waals surface area contributed by atoms with E-state index >= 15 is 0 Å². The van der Waals surface area contributed by atoms with E-state index in [9.17, 15) is 4.79 Å². The second kappa shape index (κ2) is 4.33. The fraction of sp³-hybridized carbons (Fsp3) is 0.385. The number of pyridine rings is 1. The van der Waals surface area contributed by atoms with Gasteiger partial charge in [-0.05, 0) is 19.1 Å². The average Bonchev–Trinajstić information content (AvgIpc) is 2.80. The Bertz CT molecular complexity index is 567. The first-order valence-electron chi connectivity index (χ1n) is 5.79. The van der Waals surface area contributed by atoms with Crippen molar-refractivity contribution >= 4 is 5.78 Å². The predicted octanol–water partition coefficient (Wildman–Crippen LogP) is 2.20. The van der Waals surface area contributed by atoms with Crippen molar-refractivity contribution < 1.29 is 4.79 Å². The number of rotatable bonds is 2. The molecule has 2 rings (SSSR count). The fourth-order valence-electron chi connectivity index (χ4n) is 1.57. The Morgan fingerprint density at radius 1 is 1.17 bits per heavy atom. The van der Waals surface area contributed by atoms with Crippen molar-refractivity contribution in [1.29, 1.82) is 0 Å². The largest absolute Gasteiger partial charge is 0.292 e. The van der Waals surface area contributed by atoms with E-state index in [1.54, 1.807) is 12.4 Å². The van der Waals surface area contributed by atoms with Crippen LogP contribution in [0.15, 0.2) is 24.5 Å². The quantitative estimate of drug-likeness (QED) is 0.760. The van der Waals surface area contributed by atoms with Gasteiger partial charge in [0.25, 0.3) is 0 Å². The van der Waals surface area contributed by atoms with Crippen LogP contribution in [0, 0.1) is 12.3 Å². The Kier molecular flexibility index (Phi) is 2.98. The van der Waals surface area contributed by atoms with E-state index in [-0.39, 0.29) is 5.78 Å². The van der Waals surface area contributed by atoms with Crippen LogP contribution < -0.4 is 0 Å². The minimum absolute atomic E-state index is 0.0153. The summed E-state index contributed by atoms with van der Waals surface area (Å²) >= 11 is 0. The Morgan fingerprint density at radius 3 is 2.33 bits per heavy atom. The number of ketones is 1. The Morgan fingerprint density at radius 2 is 1.78 bits per heavy atom. The first-order chi connectivity index (χ1) is 8.39. The molecule has 0 saturated heterocycles. The third kappa shape index (κ3) is 2.30. The summed E-state index contributed by atoms with van der Waals surface area (Å²) in [5.41, 5.74) is 1.35. The molecule has 0 bridgehead atoms. The molecule has 0 atom stereocenters. The van der Waals surface area contributed by atoms with Crippen molar-refractivity contribution in [2.24, 2.45) is 5.41 Å². The zero-order chi connectivity index (χ0) is 13.3. The molecule has 0 radical (unpaired) electrons. The highest BCUT2D eigenvalue weighted by Gasteiger charge is 2.27. The minimum Gasteiger partial charge on any atom is -0.292 e. The molecule has 0 N–H and O–H groups in total. The molecule has 2 aromatic rings. The first-order valence-corrected chi connectivity index (χ1v) is 5.79. The van der Waals surface area contributed by atoms with E-state index in [2.05, 4.69) is 15.2 Å². The summed E-state index contributed by atoms with van der Waals surface area (Å²) < 4.78 is 0. The fourth-order valence-corrected chi connectivity index (χ4v) is 1.57. The summed E-state index contributed by atoms with van der Waals surface area (Å²) in [6.07, 6.45) is 3.15. The molecule has 0 spiro atoms. The molecule has 5 heteroatoms. The zero-order valence-corrected chi connectivity index (χ0v) is 11.0. The summed E-state index contributed by atoms with van der Waals surface area (Å²) in [5, 5.41) is 8.11. The van der Waals surface area contributed by atoms with Crippen molar-refractivity contribution in [3.05, 3.63) is 35.9 Å². The summed E-state index contributed by atoms with van der Waals surface area (Å²) in [5.74, 6) is -0.0153. The number of Topliss-reactive ketones (excluding diaryl/α,β-unsaturated/α-hetero) is 1. The summed E-state index contributed by atoms with van der Waals surface area (Å²) in [4.78, 5) is 18.2. The third-order valence-electron chi connectivity index (χ3n) is 2.54. The number of hydrogen-bond acceptors (Lipinski definition) is 4. The average molecular weight is 244 g/mol. The molecule has 0 aliphatic rings. The highest BCUT2D eigenvalue weighted by molar-refractivity contribution is 6.01. The van der Waals surface area contributed by atoms with E-state index in [1.165, 1.54) is 4.80 Å². The number of aromatic nitrogens is 4. The van der Waals surface area contributed by atoms with Gasteiger partial charge in [0.15, 0.2) is 5.78 Å². The van der Waals surface area contributed by atoms with Gasteiger partial charge in [-0.15, -0.1) is 4.80 Å². The van der Waals surface area contributed by atoms with Gasteiger partial charge in [0.2, 0.25) is 0 Å². The lowest BCUT2D eigenvalue weighted by atomic mass is 9.88. The van der Waals surface area contributed by atoms with Crippen molar-refractivity contribution in [1.82, 2.24) is 20.0 Å². The number of carbonyl (C=O) groups excluding carboxylic acids is 1. The smallest absolute Gasteiger partial charge is 0.188 e. The molecule has 0 saturated carbocycles.